The van der Waals surface area contributed by atoms with Gasteiger partial charge in [0.15, 0.2) is 0 Å². The lowest BCUT2D eigenvalue weighted by Gasteiger charge is -2.08. The monoisotopic (exact) mass is 503 g/mol. The molecule has 1 atom stereocenters. The van der Waals surface area contributed by atoms with Gasteiger partial charge in [0.05, 0.1) is 20.8 Å². The topological polar surface area (TPSA) is 118 Å². The Morgan fingerprint density at radius 1 is 1.00 bits per heavy atom. The molecule has 1 aromatic heterocycles. The molecule has 5 rings (SSSR count). The number of hydrazone groups is 1. The van der Waals surface area contributed by atoms with Crippen molar-refractivity contribution in [2.75, 3.05) is 11.6 Å². The predicted molar refractivity (Wildman–Crippen MR) is 138 cm³/mol. The number of para-hydroxylation sites is 1. The molecular weight excluding hydrogens is 482 g/mol. The van der Waals surface area contributed by atoms with Crippen molar-refractivity contribution >= 4 is 54.5 Å². The van der Waals surface area contributed by atoms with Crippen molar-refractivity contribution in [1.29, 1.82) is 0 Å². The normalized spacial score (nSPS) is 16.4. The summed E-state index contributed by atoms with van der Waals surface area (Å²) in [5.74, 6) is -0.835. The maximum atomic E-state index is 13.4. The maximum absolute atomic E-state index is 13.4. The van der Waals surface area contributed by atoms with Crippen molar-refractivity contribution in [1.82, 2.24) is 4.98 Å². The Labute approximate surface area is 206 Å². The molecular formula is C25H21N5O3S2. The number of thiazole rings is 1. The van der Waals surface area contributed by atoms with Gasteiger partial charge in [-0.15, -0.1) is 0 Å². The third-order valence-electron chi connectivity index (χ3n) is 5.55. The highest BCUT2D eigenvalue weighted by Crippen LogP contribution is 2.33. The Morgan fingerprint density at radius 2 is 1.71 bits per heavy atom. The highest BCUT2D eigenvalue weighted by Gasteiger charge is 2.37. The van der Waals surface area contributed by atoms with Gasteiger partial charge in [-0.05, 0) is 41.8 Å². The summed E-state index contributed by atoms with van der Waals surface area (Å²) >= 11 is 1.42. The van der Waals surface area contributed by atoms with E-state index in [1.807, 2.05) is 54.6 Å². The number of aliphatic imine (C=N–C) groups is 1. The first kappa shape index (κ1) is 23.0. The van der Waals surface area contributed by atoms with Gasteiger partial charge in [-0.1, -0.05) is 65.9 Å². The van der Waals surface area contributed by atoms with E-state index in [0.717, 1.165) is 21.3 Å². The zero-order valence-corrected chi connectivity index (χ0v) is 20.1. The van der Waals surface area contributed by atoms with Crippen LogP contribution in [0.3, 0.4) is 0 Å². The van der Waals surface area contributed by atoms with E-state index < -0.39 is 15.9 Å². The number of anilines is 1. The van der Waals surface area contributed by atoms with Gasteiger partial charge in [-0.3, -0.25) is 9.79 Å². The Morgan fingerprint density at radius 3 is 2.43 bits per heavy atom. The van der Waals surface area contributed by atoms with E-state index in [-0.39, 0.29) is 10.8 Å². The molecule has 4 aromatic rings. The first-order chi connectivity index (χ1) is 16.9. The van der Waals surface area contributed by atoms with Crippen molar-refractivity contribution in [2.45, 2.75) is 11.3 Å². The van der Waals surface area contributed by atoms with Gasteiger partial charge in [-0.25, -0.2) is 18.5 Å². The molecule has 2 heterocycles. The molecule has 8 nitrogen and oxygen atoms in total. The summed E-state index contributed by atoms with van der Waals surface area (Å²) in [6, 6.07) is 23.7. The number of aromatic nitrogens is 1. The van der Waals surface area contributed by atoms with Gasteiger partial charge in [0, 0.05) is 12.8 Å². The molecule has 0 fully saturated rings. The van der Waals surface area contributed by atoms with Crippen LogP contribution >= 0.6 is 11.3 Å². The molecule has 0 aliphatic carbocycles. The molecule has 1 aliphatic rings. The van der Waals surface area contributed by atoms with Crippen molar-refractivity contribution in [3.63, 3.8) is 0 Å². The predicted octanol–water partition coefficient (Wildman–Crippen LogP) is 3.62. The molecule has 0 bridgehead atoms. The van der Waals surface area contributed by atoms with Crippen molar-refractivity contribution in [3.8, 4) is 0 Å². The number of nitrogens with zero attached hydrogens (tertiary/aromatic N) is 4. The summed E-state index contributed by atoms with van der Waals surface area (Å²) in [6.07, 6.45) is 2.22. The molecule has 1 amide bonds. The Bertz CT molecular complexity index is 1510. The fourth-order valence-electron chi connectivity index (χ4n) is 3.76. The maximum Gasteiger partial charge on any atom is 0.264 e. The highest BCUT2D eigenvalue weighted by molar-refractivity contribution is 7.89. The number of hydrogen-bond acceptors (Lipinski definition) is 7. The van der Waals surface area contributed by atoms with Crippen molar-refractivity contribution in [3.05, 3.63) is 90.0 Å². The average molecular weight is 504 g/mol. The smallest absolute Gasteiger partial charge is 0.264 e. The fraction of sp³-hybridized carbons (Fsp3) is 0.120. The van der Waals surface area contributed by atoms with Crippen LogP contribution in [0.25, 0.3) is 10.2 Å². The van der Waals surface area contributed by atoms with E-state index in [0.29, 0.717) is 23.8 Å². The van der Waals surface area contributed by atoms with Crippen LogP contribution in [0.4, 0.5) is 5.13 Å². The zero-order chi connectivity index (χ0) is 24.4. The molecule has 3 aromatic carbocycles. The Balaban J connectivity index is 1.36. The second kappa shape index (κ2) is 9.49. The van der Waals surface area contributed by atoms with E-state index in [2.05, 4.69) is 15.1 Å². The van der Waals surface area contributed by atoms with Gasteiger partial charge in [0.25, 0.3) is 5.91 Å². The summed E-state index contributed by atoms with van der Waals surface area (Å²) in [6.45, 7) is 0.432. The number of rotatable bonds is 7. The van der Waals surface area contributed by atoms with E-state index in [4.69, 9.17) is 5.14 Å². The van der Waals surface area contributed by atoms with Gasteiger partial charge < -0.3 is 0 Å². The molecule has 2 N–H and O–H groups in total. The van der Waals surface area contributed by atoms with Gasteiger partial charge >= 0.3 is 0 Å². The zero-order valence-electron chi connectivity index (χ0n) is 18.5. The largest absolute Gasteiger partial charge is 0.296 e. The standard InChI is InChI=1S/C25H21N5O3S2/c26-35(32,33)19-12-10-17(11-13-19)14-15-27-16-20-23(18-6-2-1-3-7-18)29-30(24(20)31)25-28-21-8-4-5-9-22(21)34-25/h1-13,16,20H,14-15H2,(H2,26,32,33). The third kappa shape index (κ3) is 4.90. The first-order valence-corrected chi connectivity index (χ1v) is 13.2. The molecule has 0 saturated heterocycles. The fourth-order valence-corrected chi connectivity index (χ4v) is 5.19. The number of hydrogen-bond donors (Lipinski definition) is 1. The Hall–Kier alpha value is -3.73. The number of carbonyl (C=O) groups excluding carboxylic acids is 1. The number of carbonyl (C=O) groups is 1. The molecule has 10 heteroatoms. The number of amides is 1. The number of fused-ring (bicyclic) bond motifs is 1. The third-order valence-corrected chi connectivity index (χ3v) is 7.49. The van der Waals surface area contributed by atoms with Crippen LogP contribution in [0.15, 0.2) is 93.9 Å². The quantitative estimate of drug-likeness (QED) is 0.388. The van der Waals surface area contributed by atoms with Crippen LogP contribution in [-0.4, -0.2) is 37.8 Å². The summed E-state index contributed by atoms with van der Waals surface area (Å²) in [7, 11) is -3.72. The Kier molecular flexibility index (Phi) is 6.25. The van der Waals surface area contributed by atoms with Crippen LogP contribution < -0.4 is 10.1 Å². The summed E-state index contributed by atoms with van der Waals surface area (Å²) in [4.78, 5) is 22.5. The van der Waals surface area contributed by atoms with Crippen LogP contribution in [0.1, 0.15) is 11.1 Å². The van der Waals surface area contributed by atoms with Crippen molar-refractivity contribution < 1.29 is 13.2 Å². The number of benzene rings is 3. The average Bonchev–Trinajstić information content (AvgIpc) is 3.43. The molecule has 0 spiro atoms. The minimum absolute atomic E-state index is 0.0694. The SMILES string of the molecule is NS(=O)(=O)c1ccc(CCN=CC2C(=O)N(c3nc4ccccc4s3)N=C2c2ccccc2)cc1. The summed E-state index contributed by atoms with van der Waals surface area (Å²) < 4.78 is 23.8. The van der Waals surface area contributed by atoms with E-state index in [1.165, 1.54) is 28.5 Å². The van der Waals surface area contributed by atoms with Crippen LogP contribution in [-0.2, 0) is 21.2 Å². The second-order valence-electron chi connectivity index (χ2n) is 7.94. The first-order valence-electron chi connectivity index (χ1n) is 10.9. The van der Waals surface area contributed by atoms with Crippen LogP contribution in [0, 0.1) is 5.92 Å². The van der Waals surface area contributed by atoms with Gasteiger partial charge in [0.1, 0.15) is 5.92 Å². The van der Waals surface area contributed by atoms with E-state index in [1.54, 1.807) is 18.3 Å². The molecule has 176 valence electrons. The molecule has 1 unspecified atom stereocenters. The van der Waals surface area contributed by atoms with Gasteiger partial charge in [-0.2, -0.15) is 10.1 Å². The molecule has 35 heavy (non-hydrogen) atoms. The summed E-state index contributed by atoms with van der Waals surface area (Å²) in [5.41, 5.74) is 3.21. The van der Waals surface area contributed by atoms with Gasteiger partial charge in [0.2, 0.25) is 15.2 Å². The lowest BCUT2D eigenvalue weighted by atomic mass is 9.98. The summed E-state index contributed by atoms with van der Waals surface area (Å²) in [5, 5.41) is 11.7. The molecule has 1 aliphatic heterocycles. The minimum atomic E-state index is -3.72. The minimum Gasteiger partial charge on any atom is -0.296 e. The lowest BCUT2D eigenvalue weighted by Crippen LogP contribution is -2.28. The van der Waals surface area contributed by atoms with E-state index >= 15 is 0 Å². The van der Waals surface area contributed by atoms with Crippen molar-refractivity contribution in [2.24, 2.45) is 21.2 Å². The number of sulfonamides is 1. The van der Waals surface area contributed by atoms with E-state index in [9.17, 15) is 13.2 Å². The number of primary sulfonamides is 1. The lowest BCUT2D eigenvalue weighted by molar-refractivity contribution is -0.118. The highest BCUT2D eigenvalue weighted by atomic mass is 32.2. The second-order valence-corrected chi connectivity index (χ2v) is 10.5. The molecule has 0 radical (unpaired) electrons. The molecule has 0 saturated carbocycles. The number of nitrogens with two attached hydrogens (primary N) is 1. The van der Waals surface area contributed by atoms with Crippen LogP contribution in [0.2, 0.25) is 0 Å². The van der Waals surface area contributed by atoms with Crippen LogP contribution in [0.5, 0.6) is 0 Å².